The van der Waals surface area contributed by atoms with E-state index in [4.69, 9.17) is 13.9 Å². The van der Waals surface area contributed by atoms with Gasteiger partial charge in [0.05, 0.1) is 5.56 Å². The van der Waals surface area contributed by atoms with Crippen LogP contribution in [-0.4, -0.2) is 6.71 Å². The molecule has 50 heavy (non-hydrogen) atoms. The molecule has 0 fully saturated rings. The number of nitrogens with zero attached hydrogens (tertiary/aromatic N) is 1. The van der Waals surface area contributed by atoms with Gasteiger partial charge in [0.1, 0.15) is 41.2 Å². The van der Waals surface area contributed by atoms with Crippen molar-refractivity contribution in [3.63, 3.8) is 0 Å². The second-order valence-corrected chi connectivity index (χ2v) is 16.1. The van der Waals surface area contributed by atoms with E-state index < -0.39 is 0 Å². The molecule has 9 rings (SSSR count). The van der Waals surface area contributed by atoms with Gasteiger partial charge < -0.3 is 13.9 Å². The van der Waals surface area contributed by atoms with Crippen LogP contribution in [0.4, 0.5) is 0 Å². The highest BCUT2D eigenvalue weighted by atomic mass is 16.5. The Morgan fingerprint density at radius 3 is 1.82 bits per heavy atom. The molecule has 2 aliphatic rings. The van der Waals surface area contributed by atoms with Gasteiger partial charge >= 0.3 is 0 Å². The Balaban J connectivity index is 1.27. The van der Waals surface area contributed by atoms with Crippen LogP contribution in [0.1, 0.15) is 58.2 Å². The van der Waals surface area contributed by atoms with E-state index in [2.05, 4.69) is 163 Å². The maximum atomic E-state index is 6.92. The minimum Gasteiger partial charge on any atom is -0.458 e. The number of ether oxygens (including phenoxy) is 2. The van der Waals surface area contributed by atoms with Gasteiger partial charge in [-0.1, -0.05) is 96.1 Å². The van der Waals surface area contributed by atoms with Crippen molar-refractivity contribution >= 4 is 45.0 Å². The Kier molecular flexibility index (Phi) is 6.52. The first-order chi connectivity index (χ1) is 23.9. The first kappa shape index (κ1) is 30.7. The van der Waals surface area contributed by atoms with Crippen molar-refractivity contribution < 1.29 is 18.5 Å². The predicted octanol–water partition coefficient (Wildman–Crippen LogP) is 9.38. The molecule has 7 aromatic rings. The monoisotopic (exact) mass is 654 g/mol. The van der Waals surface area contributed by atoms with E-state index in [0.717, 1.165) is 72.8 Å². The Labute approximate surface area is 294 Å². The number of aryl methyl sites for hydroxylation is 2. The number of hydrogen-bond donors (Lipinski definition) is 0. The summed E-state index contributed by atoms with van der Waals surface area (Å²) in [6, 6.07) is 34.9. The summed E-state index contributed by atoms with van der Waals surface area (Å²) in [7, 11) is 2.08. The molecule has 0 aliphatic carbocycles. The number of para-hydroxylation sites is 1. The zero-order chi connectivity index (χ0) is 34.7. The summed E-state index contributed by atoms with van der Waals surface area (Å²) in [6.07, 6.45) is 2.08. The van der Waals surface area contributed by atoms with Crippen LogP contribution in [0, 0.1) is 6.92 Å². The summed E-state index contributed by atoms with van der Waals surface area (Å²) in [5.41, 5.74) is 13.2. The van der Waals surface area contributed by atoms with Crippen LogP contribution in [0.15, 0.2) is 108 Å². The second-order valence-electron chi connectivity index (χ2n) is 16.1. The summed E-state index contributed by atoms with van der Waals surface area (Å²) in [6.45, 7) is 15.7. The van der Waals surface area contributed by atoms with Gasteiger partial charge in [-0.15, -0.1) is 0 Å². The number of aromatic nitrogens is 1. The average Bonchev–Trinajstić information content (AvgIpc) is 3.46. The van der Waals surface area contributed by atoms with E-state index in [9.17, 15) is 0 Å². The van der Waals surface area contributed by atoms with Crippen LogP contribution in [0.5, 0.6) is 23.0 Å². The minimum atomic E-state index is -0.00899. The van der Waals surface area contributed by atoms with Crippen molar-refractivity contribution in [2.45, 2.75) is 59.3 Å². The molecule has 0 amide bonds. The lowest BCUT2D eigenvalue weighted by Gasteiger charge is -2.35. The van der Waals surface area contributed by atoms with Crippen molar-refractivity contribution in [2.24, 2.45) is 7.05 Å². The Morgan fingerprint density at radius 2 is 1.22 bits per heavy atom. The number of hydrogen-bond acceptors (Lipinski definition) is 3. The van der Waals surface area contributed by atoms with Gasteiger partial charge in [-0.05, 0) is 81.3 Å². The summed E-state index contributed by atoms with van der Waals surface area (Å²) in [5, 5.41) is 2.19. The second kappa shape index (κ2) is 10.6. The molecule has 0 radical (unpaired) electrons. The highest BCUT2D eigenvalue weighted by Crippen LogP contribution is 2.44. The molecule has 5 aromatic carbocycles. The van der Waals surface area contributed by atoms with Gasteiger partial charge in [-0.25, -0.2) is 4.57 Å². The van der Waals surface area contributed by atoms with Crippen LogP contribution in [0.2, 0.25) is 0 Å². The predicted molar refractivity (Wildman–Crippen MR) is 206 cm³/mol. The topological polar surface area (TPSA) is 35.5 Å². The van der Waals surface area contributed by atoms with Crippen molar-refractivity contribution in [2.75, 3.05) is 0 Å². The SMILES string of the molecule is Cc1ccc2c(oc3c(-c4cc5c6c(c4)Oc4ccc(C(C)(C)C)cc4B6c4cc(C(C)(C)C)ccc4O5)cccc32)c1-c1cccc[n+]1C. The van der Waals surface area contributed by atoms with Crippen molar-refractivity contribution in [1.82, 2.24) is 0 Å². The first-order valence-corrected chi connectivity index (χ1v) is 17.6. The van der Waals surface area contributed by atoms with Gasteiger partial charge in [-0.2, -0.15) is 0 Å². The standard InChI is InChI=1S/C45H41BNO3/c1-26-15-18-32-31-13-11-12-30(42(31)50-43(32)40(26)35-14-9-10-21-47(35)8)27-22-38-41-39(23-27)49-37-20-17-29(45(5,6)7)25-34(37)46(41)33-24-28(44(2,3)4)16-19-36(33)48-38/h9-25H,1-8H3/q+1. The van der Waals surface area contributed by atoms with Crippen molar-refractivity contribution in [3.8, 4) is 45.4 Å². The summed E-state index contributed by atoms with van der Waals surface area (Å²) < 4.78 is 22.7. The van der Waals surface area contributed by atoms with Gasteiger partial charge in [0.25, 0.3) is 6.71 Å². The van der Waals surface area contributed by atoms with Crippen LogP contribution in [-0.2, 0) is 17.9 Å². The molecule has 0 atom stereocenters. The van der Waals surface area contributed by atoms with E-state index >= 15 is 0 Å². The van der Waals surface area contributed by atoms with E-state index in [1.165, 1.54) is 27.6 Å². The molecule has 4 nitrogen and oxygen atoms in total. The highest BCUT2D eigenvalue weighted by Gasteiger charge is 2.41. The van der Waals surface area contributed by atoms with E-state index in [1.54, 1.807) is 0 Å². The molecule has 0 unspecified atom stereocenters. The third-order valence-corrected chi connectivity index (χ3v) is 10.7. The van der Waals surface area contributed by atoms with Gasteiger partial charge in [0.2, 0.25) is 5.69 Å². The molecule has 0 saturated carbocycles. The third kappa shape index (κ3) is 4.63. The van der Waals surface area contributed by atoms with Crippen LogP contribution in [0.25, 0.3) is 44.3 Å². The first-order valence-electron chi connectivity index (χ1n) is 17.6. The third-order valence-electron chi connectivity index (χ3n) is 10.7. The molecule has 0 N–H and O–H groups in total. The number of pyridine rings is 1. The molecule has 0 saturated heterocycles. The minimum absolute atomic E-state index is 0.00478. The van der Waals surface area contributed by atoms with Crippen molar-refractivity contribution in [3.05, 3.63) is 120 Å². The zero-order valence-electron chi connectivity index (χ0n) is 30.1. The molecule has 0 spiro atoms. The fourth-order valence-corrected chi connectivity index (χ4v) is 7.88. The normalized spacial score (nSPS) is 13.5. The Bertz CT molecular complexity index is 2460. The van der Waals surface area contributed by atoms with Gasteiger partial charge in [-0.3, -0.25) is 0 Å². The Morgan fingerprint density at radius 1 is 0.600 bits per heavy atom. The highest BCUT2D eigenvalue weighted by molar-refractivity contribution is 6.98. The summed E-state index contributed by atoms with van der Waals surface area (Å²) in [5.74, 6) is 3.44. The number of rotatable bonds is 2. The fraction of sp³-hybridized carbons (Fsp3) is 0.222. The van der Waals surface area contributed by atoms with Crippen LogP contribution < -0.4 is 30.4 Å². The maximum absolute atomic E-state index is 6.92. The Hall–Kier alpha value is -5.29. The molecule has 246 valence electrons. The number of fused-ring (bicyclic) bond motifs is 7. The molecular formula is C45H41BNO3+. The van der Waals surface area contributed by atoms with Crippen LogP contribution >= 0.6 is 0 Å². The molecule has 5 heteroatoms. The van der Waals surface area contributed by atoms with E-state index in [-0.39, 0.29) is 17.5 Å². The quantitative estimate of drug-likeness (QED) is 0.138. The summed E-state index contributed by atoms with van der Waals surface area (Å²) in [4.78, 5) is 0. The maximum Gasteiger partial charge on any atom is 0.260 e. The largest absolute Gasteiger partial charge is 0.458 e. The molecule has 0 bridgehead atoms. The molecule has 2 aromatic heterocycles. The van der Waals surface area contributed by atoms with E-state index in [0.29, 0.717) is 0 Å². The lowest BCUT2D eigenvalue weighted by atomic mass is 9.34. The fourth-order valence-electron chi connectivity index (χ4n) is 7.88. The summed E-state index contributed by atoms with van der Waals surface area (Å²) >= 11 is 0. The average molecular weight is 655 g/mol. The number of furan rings is 1. The van der Waals surface area contributed by atoms with Gasteiger partial charge in [0, 0.05) is 33.9 Å². The van der Waals surface area contributed by atoms with Crippen LogP contribution in [0.3, 0.4) is 0 Å². The lowest BCUT2D eigenvalue weighted by Crippen LogP contribution is -2.57. The van der Waals surface area contributed by atoms with E-state index in [1.807, 2.05) is 0 Å². The smallest absolute Gasteiger partial charge is 0.260 e. The molecule has 2 aliphatic heterocycles. The van der Waals surface area contributed by atoms with Crippen molar-refractivity contribution in [1.29, 1.82) is 0 Å². The lowest BCUT2D eigenvalue weighted by molar-refractivity contribution is -0.660. The zero-order valence-corrected chi connectivity index (χ0v) is 30.1. The molecule has 4 heterocycles. The van der Waals surface area contributed by atoms with Gasteiger partial charge in [0.15, 0.2) is 6.20 Å². The molecular weight excluding hydrogens is 613 g/mol. The number of benzene rings is 5.